The summed E-state index contributed by atoms with van der Waals surface area (Å²) in [6, 6.07) is 11.4. The Bertz CT molecular complexity index is 1200. The van der Waals surface area contributed by atoms with Crippen molar-refractivity contribution in [3.8, 4) is 0 Å². The molecule has 0 aliphatic heterocycles. The van der Waals surface area contributed by atoms with Crippen molar-refractivity contribution in [2.24, 2.45) is 13.0 Å². The molecule has 1 saturated carbocycles. The number of halogens is 1. The summed E-state index contributed by atoms with van der Waals surface area (Å²) in [6.07, 6.45) is 8.67. The molecule has 0 bridgehead atoms. The maximum absolute atomic E-state index is 13.5. The lowest BCUT2D eigenvalue weighted by Crippen LogP contribution is -2.17. The topological polar surface area (TPSA) is 42.7 Å². The first-order chi connectivity index (χ1) is 14.1. The predicted molar refractivity (Wildman–Crippen MR) is 116 cm³/mol. The summed E-state index contributed by atoms with van der Waals surface area (Å²) in [5, 5.41) is 5.77. The zero-order chi connectivity index (χ0) is 20.0. The number of nitrogens with one attached hydrogen (secondary N) is 1. The predicted octanol–water partition coefficient (Wildman–Crippen LogP) is 5.39. The van der Waals surface area contributed by atoms with E-state index >= 15 is 0 Å². The summed E-state index contributed by atoms with van der Waals surface area (Å²) in [5.74, 6) is 1.33. The Balaban J connectivity index is 1.30. The normalized spacial score (nSPS) is 19.3. The van der Waals surface area contributed by atoms with E-state index in [4.69, 9.17) is 4.98 Å². The van der Waals surface area contributed by atoms with Crippen LogP contribution in [0.5, 0.6) is 0 Å². The molecule has 0 saturated heterocycles. The summed E-state index contributed by atoms with van der Waals surface area (Å²) < 4.78 is 15.6. The molecule has 148 valence electrons. The number of hydrogen-bond acceptors (Lipinski definition) is 3. The lowest BCUT2D eigenvalue weighted by molar-refractivity contribution is 0.541. The molecule has 0 unspecified atom stereocenters. The first-order valence-electron chi connectivity index (χ1n) is 10.3. The van der Waals surface area contributed by atoms with Crippen molar-refractivity contribution in [1.82, 2.24) is 14.5 Å². The fourth-order valence-electron chi connectivity index (χ4n) is 4.81. The van der Waals surface area contributed by atoms with E-state index in [-0.39, 0.29) is 5.82 Å². The third-order valence-electron chi connectivity index (χ3n) is 6.20. The molecule has 0 spiro atoms. The SMILES string of the molecule is Cc1cc(N[C@H]2CC[C@H](Cc3cn(C)c4ncccc34)C2)nc2ccc(F)cc12. The minimum absolute atomic E-state index is 0.217. The highest BCUT2D eigenvalue weighted by Crippen LogP contribution is 2.33. The van der Waals surface area contributed by atoms with Gasteiger partial charge in [0.15, 0.2) is 0 Å². The average Bonchev–Trinajstić information content (AvgIpc) is 3.27. The molecule has 5 rings (SSSR count). The second kappa shape index (κ2) is 7.14. The van der Waals surface area contributed by atoms with Crippen molar-refractivity contribution in [1.29, 1.82) is 0 Å². The van der Waals surface area contributed by atoms with Crippen LogP contribution in [-0.2, 0) is 13.5 Å². The highest BCUT2D eigenvalue weighted by molar-refractivity contribution is 5.84. The van der Waals surface area contributed by atoms with E-state index in [1.54, 1.807) is 12.1 Å². The van der Waals surface area contributed by atoms with Gasteiger partial charge in [0, 0.05) is 36.3 Å². The van der Waals surface area contributed by atoms with Crippen LogP contribution < -0.4 is 5.32 Å². The standard InChI is InChI=1S/C24H25FN4/c1-15-10-23(28-22-8-6-18(25)13-21(15)22)27-19-7-5-16(12-19)11-17-14-29(2)24-20(17)4-3-9-26-24/h3-4,6,8-10,13-14,16,19H,5,7,11-12H2,1-2H3,(H,27,28)/t16-,19+/m1/s1. The van der Waals surface area contributed by atoms with Gasteiger partial charge in [-0.3, -0.25) is 0 Å². The molecular weight excluding hydrogens is 363 g/mol. The number of aryl methyl sites for hydroxylation is 2. The smallest absolute Gasteiger partial charge is 0.139 e. The summed E-state index contributed by atoms with van der Waals surface area (Å²) >= 11 is 0. The summed E-state index contributed by atoms with van der Waals surface area (Å²) in [7, 11) is 2.07. The van der Waals surface area contributed by atoms with E-state index < -0.39 is 0 Å². The van der Waals surface area contributed by atoms with Crippen molar-refractivity contribution in [2.45, 2.75) is 38.6 Å². The van der Waals surface area contributed by atoms with Gasteiger partial charge in [-0.25, -0.2) is 14.4 Å². The molecule has 2 atom stereocenters. The lowest BCUT2D eigenvalue weighted by Gasteiger charge is -2.15. The van der Waals surface area contributed by atoms with Crippen LogP contribution in [-0.4, -0.2) is 20.6 Å². The highest BCUT2D eigenvalue weighted by Gasteiger charge is 2.26. The van der Waals surface area contributed by atoms with Crippen LogP contribution in [0.4, 0.5) is 10.2 Å². The van der Waals surface area contributed by atoms with Gasteiger partial charge in [-0.2, -0.15) is 0 Å². The maximum atomic E-state index is 13.5. The first kappa shape index (κ1) is 18.1. The van der Waals surface area contributed by atoms with Gasteiger partial charge in [-0.1, -0.05) is 0 Å². The van der Waals surface area contributed by atoms with Gasteiger partial charge in [-0.05, 0) is 86.1 Å². The van der Waals surface area contributed by atoms with Crippen LogP contribution in [0.15, 0.2) is 48.8 Å². The van der Waals surface area contributed by atoms with Crippen molar-refractivity contribution >= 4 is 27.8 Å². The van der Waals surface area contributed by atoms with Crippen molar-refractivity contribution in [2.75, 3.05) is 5.32 Å². The molecule has 1 aliphatic rings. The third-order valence-corrected chi connectivity index (χ3v) is 6.20. The molecule has 3 heterocycles. The van der Waals surface area contributed by atoms with E-state index in [2.05, 4.69) is 34.2 Å². The van der Waals surface area contributed by atoms with E-state index in [9.17, 15) is 4.39 Å². The van der Waals surface area contributed by atoms with E-state index in [0.717, 1.165) is 47.2 Å². The number of anilines is 1. The number of rotatable bonds is 4. The van der Waals surface area contributed by atoms with Crippen molar-refractivity contribution < 1.29 is 4.39 Å². The maximum Gasteiger partial charge on any atom is 0.139 e. The number of fused-ring (bicyclic) bond motifs is 2. The van der Waals surface area contributed by atoms with Gasteiger partial charge in [-0.15, -0.1) is 0 Å². The Kier molecular flexibility index (Phi) is 4.46. The zero-order valence-corrected chi connectivity index (χ0v) is 16.8. The van der Waals surface area contributed by atoms with Gasteiger partial charge in [0.05, 0.1) is 5.52 Å². The zero-order valence-electron chi connectivity index (χ0n) is 16.8. The summed E-state index contributed by atoms with van der Waals surface area (Å²) in [4.78, 5) is 9.21. The third kappa shape index (κ3) is 3.46. The molecule has 1 N–H and O–H groups in total. The van der Waals surface area contributed by atoms with E-state index in [0.29, 0.717) is 12.0 Å². The van der Waals surface area contributed by atoms with E-state index in [1.165, 1.54) is 23.4 Å². The number of benzene rings is 1. The Hall–Kier alpha value is -2.95. The Labute approximate surface area is 169 Å². The van der Waals surface area contributed by atoms with Gasteiger partial charge in [0.25, 0.3) is 0 Å². The van der Waals surface area contributed by atoms with Crippen LogP contribution in [0.1, 0.15) is 30.4 Å². The van der Waals surface area contributed by atoms with E-state index in [1.807, 2.05) is 25.3 Å². The Morgan fingerprint density at radius 3 is 2.97 bits per heavy atom. The van der Waals surface area contributed by atoms with Gasteiger partial charge in [0.2, 0.25) is 0 Å². The second-order valence-corrected chi connectivity index (χ2v) is 8.35. The minimum atomic E-state index is -0.217. The van der Waals surface area contributed by atoms with Gasteiger partial charge < -0.3 is 9.88 Å². The van der Waals surface area contributed by atoms with Crippen LogP contribution in [0.3, 0.4) is 0 Å². The molecule has 1 fully saturated rings. The van der Waals surface area contributed by atoms with Crippen LogP contribution >= 0.6 is 0 Å². The van der Waals surface area contributed by atoms with Crippen LogP contribution in [0, 0.1) is 18.7 Å². The first-order valence-corrected chi connectivity index (χ1v) is 10.3. The molecule has 4 nitrogen and oxygen atoms in total. The molecule has 5 heteroatoms. The fraction of sp³-hybridized carbons (Fsp3) is 0.333. The minimum Gasteiger partial charge on any atom is -0.367 e. The van der Waals surface area contributed by atoms with Crippen molar-refractivity contribution in [3.05, 3.63) is 65.7 Å². The summed E-state index contributed by atoms with van der Waals surface area (Å²) in [6.45, 7) is 2.01. The van der Waals surface area contributed by atoms with Crippen molar-refractivity contribution in [3.63, 3.8) is 0 Å². The van der Waals surface area contributed by atoms with Gasteiger partial charge in [0.1, 0.15) is 17.3 Å². The second-order valence-electron chi connectivity index (χ2n) is 8.35. The van der Waals surface area contributed by atoms with Crippen LogP contribution in [0.2, 0.25) is 0 Å². The quantitative estimate of drug-likeness (QED) is 0.509. The molecule has 0 radical (unpaired) electrons. The molecular formula is C24H25FN4. The largest absolute Gasteiger partial charge is 0.367 e. The average molecular weight is 388 g/mol. The lowest BCUT2D eigenvalue weighted by atomic mass is 9.98. The monoisotopic (exact) mass is 388 g/mol. The fourth-order valence-corrected chi connectivity index (χ4v) is 4.81. The summed E-state index contributed by atoms with van der Waals surface area (Å²) in [5.41, 5.74) is 4.34. The molecule has 0 amide bonds. The Morgan fingerprint density at radius 1 is 1.17 bits per heavy atom. The number of aromatic nitrogens is 3. The Morgan fingerprint density at radius 2 is 2.07 bits per heavy atom. The van der Waals surface area contributed by atoms with Gasteiger partial charge >= 0.3 is 0 Å². The number of pyridine rings is 2. The molecule has 3 aromatic heterocycles. The molecule has 29 heavy (non-hydrogen) atoms. The molecule has 4 aromatic rings. The number of nitrogens with zero attached hydrogens (tertiary/aromatic N) is 3. The van der Waals surface area contributed by atoms with Crippen LogP contribution in [0.25, 0.3) is 21.9 Å². The molecule has 1 aliphatic carbocycles. The number of hydrogen-bond donors (Lipinski definition) is 1. The molecule has 1 aromatic carbocycles. The highest BCUT2D eigenvalue weighted by atomic mass is 19.1.